The van der Waals surface area contributed by atoms with Gasteiger partial charge in [-0.25, -0.2) is 0 Å². The molecule has 0 spiro atoms. The van der Waals surface area contributed by atoms with Crippen molar-refractivity contribution in [2.75, 3.05) is 26.2 Å². The Morgan fingerprint density at radius 3 is 2.53 bits per heavy atom. The third kappa shape index (κ3) is 7.57. The summed E-state index contributed by atoms with van der Waals surface area (Å²) in [6.07, 6.45) is 2.34. The van der Waals surface area contributed by atoms with Gasteiger partial charge in [-0.2, -0.15) is 0 Å². The largest absolute Gasteiger partial charge is 0.409 e. The van der Waals surface area contributed by atoms with E-state index in [1.54, 1.807) is 4.90 Å². The molecule has 0 radical (unpaired) electrons. The molecule has 1 amide bonds. The third-order valence-corrected chi connectivity index (χ3v) is 2.56. The summed E-state index contributed by atoms with van der Waals surface area (Å²) in [5, 5.41) is 14.3. The molecule has 0 aromatic carbocycles. The summed E-state index contributed by atoms with van der Waals surface area (Å²) in [7, 11) is 0. The monoisotopic (exact) mass is 244 g/mol. The lowest BCUT2D eigenvalue weighted by molar-refractivity contribution is -0.129. The molecule has 17 heavy (non-hydrogen) atoms. The van der Waals surface area contributed by atoms with Gasteiger partial charge in [0.25, 0.3) is 0 Å². The molecule has 6 heteroatoms. The molecule has 0 bridgehead atoms. The highest BCUT2D eigenvalue weighted by Crippen LogP contribution is 1.94. The molecule has 0 aliphatic heterocycles. The van der Waals surface area contributed by atoms with Crippen molar-refractivity contribution >= 4 is 11.7 Å². The van der Waals surface area contributed by atoms with Crippen molar-refractivity contribution < 1.29 is 10.0 Å². The average Bonchev–Trinajstić information content (AvgIpc) is 2.34. The van der Waals surface area contributed by atoms with Crippen LogP contribution in [-0.4, -0.2) is 48.0 Å². The van der Waals surface area contributed by atoms with Gasteiger partial charge in [0.15, 0.2) is 0 Å². The molecule has 0 saturated carbocycles. The standard InChI is InChI=1S/C11H24N4O2/c1-3-15(4-2)11(16)9-13-8-6-5-7-10(12)14-17/h13,17H,3-9H2,1-2H3,(H2,12,14). The van der Waals surface area contributed by atoms with Crippen molar-refractivity contribution in [1.29, 1.82) is 0 Å². The van der Waals surface area contributed by atoms with E-state index in [2.05, 4.69) is 10.5 Å². The van der Waals surface area contributed by atoms with E-state index in [9.17, 15) is 4.79 Å². The summed E-state index contributed by atoms with van der Waals surface area (Å²) in [4.78, 5) is 13.4. The lowest BCUT2D eigenvalue weighted by Gasteiger charge is -2.18. The molecule has 0 aliphatic rings. The number of carbonyl (C=O) groups is 1. The minimum absolute atomic E-state index is 0.131. The SMILES string of the molecule is CCN(CC)C(=O)CNCCCCC(N)=NO. The lowest BCUT2D eigenvalue weighted by atomic mass is 10.2. The number of rotatable bonds is 9. The van der Waals surface area contributed by atoms with Crippen molar-refractivity contribution in [3.63, 3.8) is 0 Å². The molecule has 0 aromatic rings. The van der Waals surface area contributed by atoms with Gasteiger partial charge in [0, 0.05) is 19.5 Å². The van der Waals surface area contributed by atoms with Gasteiger partial charge in [-0.05, 0) is 33.2 Å². The summed E-state index contributed by atoms with van der Waals surface area (Å²) < 4.78 is 0. The van der Waals surface area contributed by atoms with E-state index >= 15 is 0 Å². The first-order chi connectivity index (χ1) is 8.15. The molecule has 100 valence electrons. The van der Waals surface area contributed by atoms with Gasteiger partial charge < -0.3 is 21.2 Å². The Kier molecular flexibility index (Phi) is 9.14. The van der Waals surface area contributed by atoms with E-state index < -0.39 is 0 Å². The van der Waals surface area contributed by atoms with Gasteiger partial charge in [0.05, 0.1) is 6.54 Å². The van der Waals surface area contributed by atoms with Gasteiger partial charge >= 0.3 is 0 Å². The number of nitrogens with zero attached hydrogens (tertiary/aromatic N) is 2. The van der Waals surface area contributed by atoms with Crippen LogP contribution in [0.2, 0.25) is 0 Å². The topological polar surface area (TPSA) is 91.0 Å². The molecule has 4 N–H and O–H groups in total. The maximum absolute atomic E-state index is 11.6. The molecule has 0 rings (SSSR count). The number of hydrogen-bond acceptors (Lipinski definition) is 4. The van der Waals surface area contributed by atoms with Crippen LogP contribution in [0.25, 0.3) is 0 Å². The minimum atomic E-state index is 0.131. The van der Waals surface area contributed by atoms with Crippen molar-refractivity contribution in [2.45, 2.75) is 33.1 Å². The van der Waals surface area contributed by atoms with E-state index in [4.69, 9.17) is 10.9 Å². The Hall–Kier alpha value is -1.30. The summed E-state index contributed by atoms with van der Waals surface area (Å²) in [6.45, 7) is 6.59. The molecule has 0 heterocycles. The van der Waals surface area contributed by atoms with Crippen LogP contribution in [0.5, 0.6) is 0 Å². The Morgan fingerprint density at radius 1 is 1.35 bits per heavy atom. The van der Waals surface area contributed by atoms with E-state index in [0.29, 0.717) is 13.0 Å². The molecule has 0 aromatic heterocycles. The number of amides is 1. The van der Waals surface area contributed by atoms with Crippen LogP contribution in [0.4, 0.5) is 0 Å². The zero-order valence-electron chi connectivity index (χ0n) is 10.8. The predicted molar refractivity (Wildman–Crippen MR) is 68.1 cm³/mol. The van der Waals surface area contributed by atoms with Crippen LogP contribution in [0, 0.1) is 0 Å². The van der Waals surface area contributed by atoms with Crippen LogP contribution in [0.15, 0.2) is 5.16 Å². The highest BCUT2D eigenvalue weighted by molar-refractivity contribution is 5.79. The Morgan fingerprint density at radius 2 is 2.00 bits per heavy atom. The van der Waals surface area contributed by atoms with Crippen molar-refractivity contribution in [3.05, 3.63) is 0 Å². The highest BCUT2D eigenvalue weighted by Gasteiger charge is 2.07. The fourth-order valence-corrected chi connectivity index (χ4v) is 1.49. The lowest BCUT2D eigenvalue weighted by Crippen LogP contribution is -2.38. The summed E-state index contributed by atoms with van der Waals surface area (Å²) in [5.74, 6) is 0.385. The van der Waals surface area contributed by atoms with Crippen molar-refractivity contribution in [2.24, 2.45) is 10.9 Å². The van der Waals surface area contributed by atoms with E-state index in [1.807, 2.05) is 13.8 Å². The second kappa shape index (κ2) is 9.89. The Bertz CT molecular complexity index is 240. The summed E-state index contributed by atoms with van der Waals surface area (Å²) in [5.41, 5.74) is 5.33. The van der Waals surface area contributed by atoms with Crippen molar-refractivity contribution in [3.8, 4) is 0 Å². The average molecular weight is 244 g/mol. The highest BCUT2D eigenvalue weighted by atomic mass is 16.4. The first-order valence-corrected chi connectivity index (χ1v) is 6.10. The van der Waals surface area contributed by atoms with Gasteiger partial charge in [-0.1, -0.05) is 5.16 Å². The fraction of sp³-hybridized carbons (Fsp3) is 0.818. The first-order valence-electron chi connectivity index (χ1n) is 6.10. The number of likely N-dealkylation sites (N-methyl/N-ethyl adjacent to an activating group) is 1. The molecular weight excluding hydrogens is 220 g/mol. The van der Waals surface area contributed by atoms with E-state index in [0.717, 1.165) is 32.5 Å². The van der Waals surface area contributed by atoms with Crippen LogP contribution in [-0.2, 0) is 4.79 Å². The van der Waals surface area contributed by atoms with Crippen LogP contribution in [0.3, 0.4) is 0 Å². The van der Waals surface area contributed by atoms with Gasteiger partial charge in [-0.3, -0.25) is 4.79 Å². The van der Waals surface area contributed by atoms with Gasteiger partial charge in [0.2, 0.25) is 5.91 Å². The number of nitrogens with one attached hydrogen (secondary N) is 1. The molecule has 6 nitrogen and oxygen atoms in total. The van der Waals surface area contributed by atoms with Crippen molar-refractivity contribution in [1.82, 2.24) is 10.2 Å². The Balaban J connectivity index is 3.48. The normalized spacial score (nSPS) is 11.5. The van der Waals surface area contributed by atoms with E-state index in [-0.39, 0.29) is 11.7 Å². The number of hydrogen-bond donors (Lipinski definition) is 3. The maximum atomic E-state index is 11.6. The summed E-state index contributed by atoms with van der Waals surface area (Å²) in [6, 6.07) is 0. The number of amidine groups is 1. The second-order valence-electron chi connectivity index (χ2n) is 3.79. The quantitative estimate of drug-likeness (QED) is 0.179. The Labute approximate surface area is 103 Å². The molecule has 0 aliphatic carbocycles. The molecule has 0 atom stereocenters. The van der Waals surface area contributed by atoms with Crippen LogP contribution in [0.1, 0.15) is 33.1 Å². The molecule has 0 unspecified atom stereocenters. The predicted octanol–water partition coefficient (Wildman–Crippen LogP) is 0.361. The first kappa shape index (κ1) is 15.7. The number of nitrogens with two attached hydrogens (primary N) is 1. The third-order valence-electron chi connectivity index (χ3n) is 2.56. The number of oxime groups is 1. The number of carbonyl (C=O) groups excluding carboxylic acids is 1. The molecule has 0 saturated heterocycles. The van der Waals surface area contributed by atoms with Gasteiger partial charge in [-0.15, -0.1) is 0 Å². The van der Waals surface area contributed by atoms with E-state index in [1.165, 1.54) is 0 Å². The fourth-order valence-electron chi connectivity index (χ4n) is 1.49. The number of unbranched alkanes of at least 4 members (excludes halogenated alkanes) is 1. The van der Waals surface area contributed by atoms with Gasteiger partial charge in [0.1, 0.15) is 5.84 Å². The molecular formula is C11H24N4O2. The minimum Gasteiger partial charge on any atom is -0.409 e. The smallest absolute Gasteiger partial charge is 0.236 e. The zero-order chi connectivity index (χ0) is 13.1. The zero-order valence-corrected chi connectivity index (χ0v) is 10.8. The van der Waals surface area contributed by atoms with Crippen LogP contribution >= 0.6 is 0 Å². The summed E-state index contributed by atoms with van der Waals surface area (Å²) >= 11 is 0. The van der Waals surface area contributed by atoms with Crippen LogP contribution < -0.4 is 11.1 Å². The second-order valence-corrected chi connectivity index (χ2v) is 3.79. The molecule has 0 fully saturated rings. The maximum Gasteiger partial charge on any atom is 0.236 e.